The molecule has 0 saturated carbocycles. The van der Waals surface area contributed by atoms with E-state index in [4.69, 9.17) is 0 Å². The van der Waals surface area contributed by atoms with E-state index in [-0.39, 0.29) is 17.9 Å². The molecule has 0 unspecified atom stereocenters. The summed E-state index contributed by atoms with van der Waals surface area (Å²) in [5.74, 6) is -2.43. The van der Waals surface area contributed by atoms with Gasteiger partial charge in [0.25, 0.3) is 5.56 Å². The number of benzene rings is 1. The molecule has 5 nitrogen and oxygen atoms in total. The number of fused-ring (bicyclic) bond motifs is 3. The zero-order valence-corrected chi connectivity index (χ0v) is 17.7. The normalized spacial score (nSPS) is 13.3. The van der Waals surface area contributed by atoms with Crippen LogP contribution in [-0.2, 0) is 24.2 Å². The quantitative estimate of drug-likeness (QED) is 0.343. The summed E-state index contributed by atoms with van der Waals surface area (Å²) in [4.78, 5) is 32.0. The van der Waals surface area contributed by atoms with E-state index in [0.717, 1.165) is 55.1 Å². The predicted molar refractivity (Wildman–Crippen MR) is 116 cm³/mol. The molecule has 1 aliphatic rings. The van der Waals surface area contributed by atoms with E-state index in [1.165, 1.54) is 26.8 Å². The van der Waals surface area contributed by atoms with E-state index in [9.17, 15) is 18.4 Å². The number of aryl methyl sites for hydroxylation is 2. The van der Waals surface area contributed by atoms with Gasteiger partial charge in [-0.2, -0.15) is 0 Å². The molecule has 2 aromatic heterocycles. The van der Waals surface area contributed by atoms with Gasteiger partial charge in [-0.25, -0.2) is 13.8 Å². The van der Waals surface area contributed by atoms with E-state index in [2.05, 4.69) is 16.9 Å². The van der Waals surface area contributed by atoms with Gasteiger partial charge in [0.05, 0.1) is 11.1 Å². The highest BCUT2D eigenvalue weighted by Gasteiger charge is 2.22. The number of para-hydroxylation sites is 1. The first-order valence-electron chi connectivity index (χ1n) is 9.52. The van der Waals surface area contributed by atoms with Crippen LogP contribution in [-0.4, -0.2) is 21.2 Å². The molecule has 156 valence electrons. The van der Waals surface area contributed by atoms with Gasteiger partial charge in [0.15, 0.2) is 5.16 Å². The molecule has 0 atom stereocenters. The number of hydrogen-bond acceptors (Lipinski definition) is 5. The van der Waals surface area contributed by atoms with Crippen LogP contribution in [0.15, 0.2) is 40.8 Å². The van der Waals surface area contributed by atoms with Gasteiger partial charge < -0.3 is 5.32 Å². The Labute approximate surface area is 179 Å². The van der Waals surface area contributed by atoms with E-state index >= 15 is 0 Å². The number of rotatable bonds is 6. The molecule has 0 fully saturated rings. The smallest absolute Gasteiger partial charge is 0.263 e. The summed E-state index contributed by atoms with van der Waals surface area (Å²) >= 11 is 2.59. The van der Waals surface area contributed by atoms with Crippen LogP contribution in [0.3, 0.4) is 0 Å². The van der Waals surface area contributed by atoms with Gasteiger partial charge in [0, 0.05) is 11.4 Å². The molecule has 0 aliphatic heterocycles. The molecule has 1 N–H and O–H groups in total. The lowest BCUT2D eigenvalue weighted by atomic mass is 9.97. The van der Waals surface area contributed by atoms with Gasteiger partial charge >= 0.3 is 0 Å². The minimum atomic E-state index is -0.847. The number of carbonyl (C=O) groups is 1. The Morgan fingerprint density at radius 1 is 1.30 bits per heavy atom. The summed E-state index contributed by atoms with van der Waals surface area (Å²) in [6, 6.07) is 3.37. The van der Waals surface area contributed by atoms with Gasteiger partial charge in [-0.15, -0.1) is 17.9 Å². The number of halogens is 2. The molecule has 30 heavy (non-hydrogen) atoms. The van der Waals surface area contributed by atoms with Gasteiger partial charge in [-0.1, -0.05) is 23.9 Å². The maximum atomic E-state index is 13.7. The van der Waals surface area contributed by atoms with Crippen molar-refractivity contribution in [1.82, 2.24) is 9.55 Å². The highest BCUT2D eigenvalue weighted by atomic mass is 32.2. The first-order valence-corrected chi connectivity index (χ1v) is 11.3. The van der Waals surface area contributed by atoms with E-state index in [0.29, 0.717) is 15.4 Å². The fourth-order valence-electron chi connectivity index (χ4n) is 3.54. The van der Waals surface area contributed by atoms with Crippen molar-refractivity contribution in [2.45, 2.75) is 37.4 Å². The number of hydrogen-bond donors (Lipinski definition) is 1. The lowest BCUT2D eigenvalue weighted by Crippen LogP contribution is -2.24. The van der Waals surface area contributed by atoms with Crippen molar-refractivity contribution in [3.8, 4) is 0 Å². The molecule has 9 heteroatoms. The van der Waals surface area contributed by atoms with Crippen molar-refractivity contribution in [3.05, 3.63) is 63.3 Å². The first kappa shape index (κ1) is 20.7. The largest absolute Gasteiger partial charge is 0.320 e. The Morgan fingerprint density at radius 2 is 2.03 bits per heavy atom. The number of nitrogens with one attached hydrogen (secondary N) is 1. The molecular formula is C21H19F2N3O2S2. The Hall–Kier alpha value is -2.52. The number of allylic oxidation sites excluding steroid dienone is 1. The Balaban J connectivity index is 1.62. The van der Waals surface area contributed by atoms with Crippen molar-refractivity contribution in [3.63, 3.8) is 0 Å². The van der Waals surface area contributed by atoms with Crippen molar-refractivity contribution in [1.29, 1.82) is 0 Å². The second kappa shape index (κ2) is 8.69. The summed E-state index contributed by atoms with van der Waals surface area (Å²) in [6.45, 7) is 3.97. The predicted octanol–water partition coefficient (Wildman–Crippen LogP) is 4.53. The van der Waals surface area contributed by atoms with Gasteiger partial charge in [-0.3, -0.25) is 14.2 Å². The highest BCUT2D eigenvalue weighted by Crippen LogP contribution is 2.34. The Kier molecular flexibility index (Phi) is 6.01. The molecule has 0 saturated heterocycles. The van der Waals surface area contributed by atoms with E-state index in [1.54, 1.807) is 6.08 Å². The molecule has 1 amide bonds. The first-order chi connectivity index (χ1) is 14.5. The maximum Gasteiger partial charge on any atom is 0.263 e. The van der Waals surface area contributed by atoms with Gasteiger partial charge in [-0.05, 0) is 43.4 Å². The second-order valence-electron chi connectivity index (χ2n) is 6.92. The third kappa shape index (κ3) is 3.91. The number of thioether (sulfide) groups is 1. The summed E-state index contributed by atoms with van der Waals surface area (Å²) in [5.41, 5.74) is 0.476. The van der Waals surface area contributed by atoms with Gasteiger partial charge in [0.2, 0.25) is 5.91 Å². The zero-order valence-electron chi connectivity index (χ0n) is 16.0. The summed E-state index contributed by atoms with van der Waals surface area (Å²) in [7, 11) is 0. The number of anilines is 1. The number of nitrogens with zero attached hydrogens (tertiary/aromatic N) is 2. The van der Waals surface area contributed by atoms with Crippen LogP contribution in [0.1, 0.15) is 23.3 Å². The molecule has 1 aliphatic carbocycles. The number of carbonyl (C=O) groups excluding carboxylic acids is 1. The van der Waals surface area contributed by atoms with Crippen LogP contribution < -0.4 is 10.9 Å². The lowest BCUT2D eigenvalue weighted by Gasteiger charge is -2.12. The van der Waals surface area contributed by atoms with Crippen LogP contribution in [0, 0.1) is 11.6 Å². The number of thiophene rings is 1. The molecule has 0 spiro atoms. The molecule has 3 aromatic rings. The average Bonchev–Trinajstić information content (AvgIpc) is 3.10. The average molecular weight is 448 g/mol. The van der Waals surface area contributed by atoms with Crippen molar-refractivity contribution >= 4 is 44.9 Å². The summed E-state index contributed by atoms with van der Waals surface area (Å²) in [6.07, 6.45) is 5.60. The molecule has 2 heterocycles. The minimum Gasteiger partial charge on any atom is -0.320 e. The molecule has 1 aromatic carbocycles. The van der Waals surface area contributed by atoms with Crippen LogP contribution >= 0.6 is 23.1 Å². The van der Waals surface area contributed by atoms with Crippen molar-refractivity contribution in [2.24, 2.45) is 0 Å². The molecular weight excluding hydrogens is 428 g/mol. The molecule has 0 radical (unpaired) electrons. The van der Waals surface area contributed by atoms with E-state index < -0.39 is 23.2 Å². The van der Waals surface area contributed by atoms with Crippen LogP contribution in [0.5, 0.6) is 0 Å². The SMILES string of the molecule is C=CCn1c(SCC(=O)Nc2c(F)cccc2F)nc2sc3c(c2c1=O)CCCC3. The third-order valence-corrected chi connectivity index (χ3v) is 7.07. The summed E-state index contributed by atoms with van der Waals surface area (Å²) < 4.78 is 29.0. The van der Waals surface area contributed by atoms with Crippen molar-refractivity contribution < 1.29 is 13.6 Å². The monoisotopic (exact) mass is 447 g/mol. The zero-order chi connectivity index (χ0) is 21.3. The fourth-order valence-corrected chi connectivity index (χ4v) is 5.65. The van der Waals surface area contributed by atoms with Crippen LogP contribution in [0.4, 0.5) is 14.5 Å². The fraction of sp³-hybridized carbons (Fsp3) is 0.286. The topological polar surface area (TPSA) is 64.0 Å². The summed E-state index contributed by atoms with van der Waals surface area (Å²) in [5, 5.41) is 3.30. The molecule has 4 rings (SSSR count). The Bertz CT molecular complexity index is 1180. The number of aromatic nitrogens is 2. The second-order valence-corrected chi connectivity index (χ2v) is 8.95. The highest BCUT2D eigenvalue weighted by molar-refractivity contribution is 7.99. The standard InChI is InChI=1S/C21H19F2N3O2S2/c1-2-10-26-20(28)17-12-6-3-4-9-15(12)30-19(17)25-21(26)29-11-16(27)24-18-13(22)7-5-8-14(18)23/h2,5,7-8H,1,3-4,6,9-11H2,(H,24,27). The molecule has 0 bridgehead atoms. The van der Waals surface area contributed by atoms with Gasteiger partial charge in [0.1, 0.15) is 22.2 Å². The van der Waals surface area contributed by atoms with Crippen LogP contribution in [0.25, 0.3) is 10.2 Å². The van der Waals surface area contributed by atoms with E-state index in [1.807, 2.05) is 0 Å². The lowest BCUT2D eigenvalue weighted by molar-refractivity contribution is -0.113. The number of amides is 1. The maximum absolute atomic E-state index is 13.7. The minimum absolute atomic E-state index is 0.137. The van der Waals surface area contributed by atoms with Crippen LogP contribution in [0.2, 0.25) is 0 Å². The third-order valence-electron chi connectivity index (χ3n) is 4.91. The van der Waals surface area contributed by atoms with Crippen molar-refractivity contribution in [2.75, 3.05) is 11.1 Å². The Morgan fingerprint density at radius 3 is 2.77 bits per heavy atom.